The zero-order chi connectivity index (χ0) is 12.0. The highest BCUT2D eigenvalue weighted by molar-refractivity contribution is 7.99. The van der Waals surface area contributed by atoms with Crippen LogP contribution in [0.2, 0.25) is 0 Å². The van der Waals surface area contributed by atoms with Crippen molar-refractivity contribution in [1.29, 1.82) is 5.26 Å². The van der Waals surface area contributed by atoms with Crippen molar-refractivity contribution in [3.63, 3.8) is 0 Å². The van der Waals surface area contributed by atoms with Gasteiger partial charge in [0.15, 0.2) is 0 Å². The first kappa shape index (κ1) is 13.3. The summed E-state index contributed by atoms with van der Waals surface area (Å²) in [4.78, 5) is 11.6. The summed E-state index contributed by atoms with van der Waals surface area (Å²) in [6, 6.07) is 2.45. The smallest absolute Gasteiger partial charge is 0.221 e. The van der Waals surface area contributed by atoms with Gasteiger partial charge in [-0.2, -0.15) is 17.0 Å². The van der Waals surface area contributed by atoms with Gasteiger partial charge in [-0.05, 0) is 13.8 Å². The molecule has 1 heterocycles. The summed E-state index contributed by atoms with van der Waals surface area (Å²) in [5, 5.41) is 14.9. The number of thioether (sulfide) groups is 1. The maximum atomic E-state index is 11.6. The molecule has 1 rings (SSSR count). The average molecular weight is 241 g/mol. The molecule has 0 bridgehead atoms. The zero-order valence-corrected chi connectivity index (χ0v) is 10.7. The molecule has 1 amide bonds. The lowest BCUT2D eigenvalue weighted by Gasteiger charge is -2.23. The topological polar surface area (TPSA) is 64.9 Å². The summed E-state index contributed by atoms with van der Waals surface area (Å²) in [6.45, 7) is 5.04. The van der Waals surface area contributed by atoms with Crippen LogP contribution < -0.4 is 10.6 Å². The first-order valence-corrected chi connectivity index (χ1v) is 6.68. The molecule has 1 atom stereocenters. The van der Waals surface area contributed by atoms with E-state index in [2.05, 4.69) is 16.7 Å². The van der Waals surface area contributed by atoms with Crippen molar-refractivity contribution in [2.24, 2.45) is 5.41 Å². The van der Waals surface area contributed by atoms with Crippen LogP contribution in [-0.4, -0.2) is 36.5 Å². The van der Waals surface area contributed by atoms with Gasteiger partial charge >= 0.3 is 0 Å². The summed E-state index contributed by atoms with van der Waals surface area (Å²) in [5.41, 5.74) is -0.482. The Labute approximate surface area is 101 Å². The molecule has 90 valence electrons. The van der Waals surface area contributed by atoms with Gasteiger partial charge in [0.05, 0.1) is 11.5 Å². The van der Waals surface area contributed by atoms with Crippen molar-refractivity contribution >= 4 is 17.7 Å². The van der Waals surface area contributed by atoms with Crippen molar-refractivity contribution in [2.45, 2.75) is 26.3 Å². The Morgan fingerprint density at radius 3 is 3.00 bits per heavy atom. The van der Waals surface area contributed by atoms with Crippen molar-refractivity contribution in [3.05, 3.63) is 0 Å². The van der Waals surface area contributed by atoms with Gasteiger partial charge in [-0.3, -0.25) is 4.79 Å². The van der Waals surface area contributed by atoms with Crippen LogP contribution >= 0.6 is 11.8 Å². The van der Waals surface area contributed by atoms with E-state index in [4.69, 9.17) is 5.26 Å². The quantitative estimate of drug-likeness (QED) is 0.762. The minimum atomic E-state index is -0.482. The fourth-order valence-corrected chi connectivity index (χ4v) is 2.35. The lowest BCUT2D eigenvalue weighted by molar-refractivity contribution is -0.121. The third-order valence-electron chi connectivity index (χ3n) is 2.46. The molecule has 16 heavy (non-hydrogen) atoms. The standard InChI is InChI=1S/C11H19N3OS/c1-11(2,7-12)8-14-10(15)5-9-6-16-4-3-13-9/h9,13H,3-6,8H2,1-2H3,(H,14,15). The number of hydrogen-bond donors (Lipinski definition) is 2. The molecule has 1 unspecified atom stereocenters. The fraction of sp³-hybridized carbons (Fsp3) is 0.818. The third kappa shape index (κ3) is 4.86. The highest BCUT2D eigenvalue weighted by atomic mass is 32.2. The van der Waals surface area contributed by atoms with E-state index in [1.807, 2.05) is 25.6 Å². The van der Waals surface area contributed by atoms with Crippen LogP contribution in [0.4, 0.5) is 0 Å². The largest absolute Gasteiger partial charge is 0.354 e. The molecule has 0 saturated carbocycles. The first-order chi connectivity index (χ1) is 7.53. The van der Waals surface area contributed by atoms with E-state index in [1.54, 1.807) is 0 Å². The first-order valence-electron chi connectivity index (χ1n) is 5.52. The molecule has 0 aliphatic carbocycles. The van der Waals surface area contributed by atoms with Crippen LogP contribution in [0.1, 0.15) is 20.3 Å². The van der Waals surface area contributed by atoms with E-state index in [0.717, 1.165) is 18.1 Å². The number of nitrogens with one attached hydrogen (secondary N) is 2. The third-order valence-corrected chi connectivity index (χ3v) is 3.59. The molecular formula is C11H19N3OS. The maximum Gasteiger partial charge on any atom is 0.221 e. The Bertz CT molecular complexity index is 279. The van der Waals surface area contributed by atoms with E-state index >= 15 is 0 Å². The Hall–Kier alpha value is -0.730. The summed E-state index contributed by atoms with van der Waals surface area (Å²) in [6.07, 6.45) is 0.508. The maximum absolute atomic E-state index is 11.6. The second-order valence-corrected chi connectivity index (χ2v) is 5.85. The van der Waals surface area contributed by atoms with E-state index < -0.39 is 5.41 Å². The zero-order valence-electron chi connectivity index (χ0n) is 9.88. The van der Waals surface area contributed by atoms with Crippen molar-refractivity contribution in [1.82, 2.24) is 10.6 Å². The molecule has 0 aromatic carbocycles. The van der Waals surface area contributed by atoms with Crippen LogP contribution in [0, 0.1) is 16.7 Å². The monoisotopic (exact) mass is 241 g/mol. The van der Waals surface area contributed by atoms with Crippen molar-refractivity contribution < 1.29 is 4.79 Å². The molecule has 0 aromatic rings. The van der Waals surface area contributed by atoms with Gasteiger partial charge < -0.3 is 10.6 Å². The van der Waals surface area contributed by atoms with Crippen LogP contribution in [0.5, 0.6) is 0 Å². The fourth-order valence-electron chi connectivity index (χ4n) is 1.41. The highest BCUT2D eigenvalue weighted by Gasteiger charge is 2.20. The van der Waals surface area contributed by atoms with Crippen LogP contribution in [0.3, 0.4) is 0 Å². The number of amides is 1. The molecule has 0 aromatic heterocycles. The van der Waals surface area contributed by atoms with Crippen molar-refractivity contribution in [3.8, 4) is 6.07 Å². The summed E-state index contributed by atoms with van der Waals surface area (Å²) in [5.74, 6) is 2.15. The number of carbonyl (C=O) groups excluding carboxylic acids is 1. The summed E-state index contributed by atoms with van der Waals surface area (Å²) in [7, 11) is 0. The molecule has 1 aliphatic heterocycles. The van der Waals surface area contributed by atoms with Crippen LogP contribution in [0.25, 0.3) is 0 Å². The highest BCUT2D eigenvalue weighted by Crippen LogP contribution is 2.12. The molecule has 1 saturated heterocycles. The molecule has 0 radical (unpaired) electrons. The number of carbonyl (C=O) groups is 1. The molecule has 2 N–H and O–H groups in total. The predicted molar refractivity (Wildman–Crippen MR) is 66.1 cm³/mol. The van der Waals surface area contributed by atoms with Gasteiger partial charge in [-0.1, -0.05) is 0 Å². The number of rotatable bonds is 4. The van der Waals surface area contributed by atoms with Gasteiger partial charge in [0.25, 0.3) is 0 Å². The second kappa shape index (κ2) is 6.12. The van der Waals surface area contributed by atoms with Crippen LogP contribution in [0.15, 0.2) is 0 Å². The van der Waals surface area contributed by atoms with E-state index in [-0.39, 0.29) is 11.9 Å². The number of nitriles is 1. The Kier molecular flexibility index (Phi) is 5.10. The average Bonchev–Trinajstić information content (AvgIpc) is 2.28. The lowest BCUT2D eigenvalue weighted by atomic mass is 9.96. The van der Waals surface area contributed by atoms with Crippen LogP contribution in [-0.2, 0) is 4.79 Å². The minimum Gasteiger partial charge on any atom is -0.354 e. The Morgan fingerprint density at radius 1 is 1.69 bits per heavy atom. The molecule has 1 fully saturated rings. The van der Waals surface area contributed by atoms with Gasteiger partial charge in [-0.25, -0.2) is 0 Å². The molecular weight excluding hydrogens is 222 g/mol. The second-order valence-electron chi connectivity index (χ2n) is 4.70. The minimum absolute atomic E-state index is 0.0309. The predicted octanol–water partition coefficient (Wildman–Crippen LogP) is 0.747. The number of hydrogen-bond acceptors (Lipinski definition) is 4. The lowest BCUT2D eigenvalue weighted by Crippen LogP contribution is -2.42. The van der Waals surface area contributed by atoms with E-state index in [9.17, 15) is 4.79 Å². The SMILES string of the molecule is CC(C)(C#N)CNC(=O)CC1CSCCN1. The Balaban J connectivity index is 2.23. The van der Waals surface area contributed by atoms with Gasteiger partial charge in [0, 0.05) is 37.1 Å². The van der Waals surface area contributed by atoms with E-state index in [1.165, 1.54) is 0 Å². The Morgan fingerprint density at radius 2 is 2.44 bits per heavy atom. The molecule has 0 spiro atoms. The summed E-state index contributed by atoms with van der Waals surface area (Å²) < 4.78 is 0. The van der Waals surface area contributed by atoms with Crippen molar-refractivity contribution in [2.75, 3.05) is 24.6 Å². The molecule has 4 nitrogen and oxygen atoms in total. The normalized spacial score (nSPS) is 21.2. The number of nitrogens with zero attached hydrogens (tertiary/aromatic N) is 1. The van der Waals surface area contributed by atoms with Gasteiger partial charge in [0.1, 0.15) is 0 Å². The van der Waals surface area contributed by atoms with E-state index in [0.29, 0.717) is 13.0 Å². The molecule has 5 heteroatoms. The summed E-state index contributed by atoms with van der Waals surface area (Å²) >= 11 is 1.88. The van der Waals surface area contributed by atoms with Gasteiger partial charge in [-0.15, -0.1) is 0 Å². The molecule has 1 aliphatic rings. The van der Waals surface area contributed by atoms with Gasteiger partial charge in [0.2, 0.25) is 5.91 Å².